The summed E-state index contributed by atoms with van der Waals surface area (Å²) in [6, 6.07) is 10.3. The van der Waals surface area contributed by atoms with Crippen LogP contribution in [-0.4, -0.2) is 23.7 Å². The van der Waals surface area contributed by atoms with Gasteiger partial charge in [0.15, 0.2) is 5.17 Å². The van der Waals surface area contributed by atoms with E-state index in [1.54, 1.807) is 12.1 Å². The Kier molecular flexibility index (Phi) is 5.22. The highest BCUT2D eigenvalue weighted by Gasteiger charge is 2.34. The third-order valence-corrected chi connectivity index (χ3v) is 6.93. The summed E-state index contributed by atoms with van der Waals surface area (Å²) >= 11 is 1.31. The van der Waals surface area contributed by atoms with Crippen LogP contribution in [0.15, 0.2) is 46.3 Å². The van der Waals surface area contributed by atoms with Gasteiger partial charge in [0.05, 0.1) is 10.6 Å². The molecule has 1 atom stereocenters. The number of fused-ring (bicyclic) bond motifs is 1. The van der Waals surface area contributed by atoms with Gasteiger partial charge in [0.25, 0.3) is 5.91 Å². The molecule has 4 rings (SSSR count). The Morgan fingerprint density at radius 1 is 1.27 bits per heavy atom. The summed E-state index contributed by atoms with van der Waals surface area (Å²) in [5.74, 6) is -0.0253. The number of nitrogens with zero attached hydrogens (tertiary/aromatic N) is 2. The van der Waals surface area contributed by atoms with Crippen molar-refractivity contribution in [3.8, 4) is 0 Å². The molecule has 1 saturated heterocycles. The second-order valence-corrected chi connectivity index (χ2v) is 9.73. The highest BCUT2D eigenvalue weighted by Crippen LogP contribution is 2.44. The molecule has 2 aromatic rings. The number of carbonyl (C=O) groups is 1. The molecule has 6 heteroatoms. The smallest absolute Gasteiger partial charge is 0.264 e. The molecule has 2 heterocycles. The fourth-order valence-corrected chi connectivity index (χ4v) is 4.98. The lowest BCUT2D eigenvalue weighted by molar-refractivity contribution is -0.115. The Morgan fingerprint density at radius 3 is 2.67 bits per heavy atom. The van der Waals surface area contributed by atoms with E-state index in [-0.39, 0.29) is 17.3 Å². The van der Waals surface area contributed by atoms with Gasteiger partial charge in [-0.25, -0.2) is 9.38 Å². The number of anilines is 1. The van der Waals surface area contributed by atoms with Crippen LogP contribution >= 0.6 is 11.8 Å². The molecule has 0 aromatic heterocycles. The molecule has 1 amide bonds. The van der Waals surface area contributed by atoms with E-state index in [1.165, 1.54) is 35.1 Å². The van der Waals surface area contributed by atoms with Crippen LogP contribution in [0.4, 0.5) is 15.8 Å². The number of aliphatic imine (C=N–C) groups is 1. The van der Waals surface area contributed by atoms with Crippen LogP contribution in [0.1, 0.15) is 49.8 Å². The van der Waals surface area contributed by atoms with Crippen LogP contribution in [0.3, 0.4) is 0 Å². The van der Waals surface area contributed by atoms with Crippen LogP contribution in [0.2, 0.25) is 0 Å². The molecule has 1 N–H and O–H groups in total. The largest absolute Gasteiger partial charge is 0.369 e. The van der Waals surface area contributed by atoms with E-state index in [1.807, 2.05) is 6.08 Å². The molecule has 0 bridgehead atoms. The standard InChI is InChI=1S/C24H26FN3OS/c1-14-10-20-19(15(2)13-24(3,4)28(20)5)11-16(14)12-21-22(29)27-23(30-21)26-18-8-6-17(25)7-9-18/h6-12,15H,13H2,1-5H3,(H,26,27,29)/b21-12-/t15-/m1/s1. The predicted molar refractivity (Wildman–Crippen MR) is 124 cm³/mol. The molecule has 0 saturated carbocycles. The third kappa shape index (κ3) is 3.88. The van der Waals surface area contributed by atoms with Gasteiger partial charge in [0.2, 0.25) is 0 Å². The molecule has 0 unspecified atom stereocenters. The summed E-state index contributed by atoms with van der Waals surface area (Å²) in [7, 11) is 2.15. The number of amides is 1. The van der Waals surface area contributed by atoms with Crippen molar-refractivity contribution in [2.45, 2.75) is 45.6 Å². The van der Waals surface area contributed by atoms with Crippen LogP contribution in [0.25, 0.3) is 6.08 Å². The minimum atomic E-state index is -0.311. The lowest BCUT2D eigenvalue weighted by Crippen LogP contribution is -2.45. The Balaban J connectivity index is 1.64. The van der Waals surface area contributed by atoms with Gasteiger partial charge in [0.1, 0.15) is 5.82 Å². The Bertz CT molecular complexity index is 1070. The first-order chi connectivity index (χ1) is 14.1. The topological polar surface area (TPSA) is 44.7 Å². The van der Waals surface area contributed by atoms with Gasteiger partial charge in [-0.3, -0.25) is 4.79 Å². The van der Waals surface area contributed by atoms with E-state index in [4.69, 9.17) is 0 Å². The van der Waals surface area contributed by atoms with Crippen LogP contribution in [-0.2, 0) is 4.79 Å². The first-order valence-corrected chi connectivity index (χ1v) is 10.9. The molecule has 2 aliphatic rings. The van der Waals surface area contributed by atoms with Crippen molar-refractivity contribution in [1.82, 2.24) is 5.32 Å². The minimum absolute atomic E-state index is 0.117. The monoisotopic (exact) mass is 423 g/mol. The van der Waals surface area contributed by atoms with Crippen molar-refractivity contribution in [2.24, 2.45) is 4.99 Å². The summed E-state index contributed by atoms with van der Waals surface area (Å²) in [6.45, 7) is 8.90. The number of nitrogens with one attached hydrogen (secondary N) is 1. The highest BCUT2D eigenvalue weighted by atomic mass is 32.2. The van der Waals surface area contributed by atoms with Gasteiger partial charge < -0.3 is 10.2 Å². The number of halogens is 1. The molecule has 0 radical (unpaired) electrons. The van der Waals surface area contributed by atoms with Gasteiger partial charge in [-0.2, -0.15) is 0 Å². The fourth-order valence-electron chi connectivity index (χ4n) is 4.14. The lowest BCUT2D eigenvalue weighted by Gasteiger charge is -2.45. The van der Waals surface area contributed by atoms with E-state index in [0.717, 1.165) is 17.5 Å². The zero-order chi connectivity index (χ0) is 21.6. The Labute approximate surface area is 181 Å². The maximum absolute atomic E-state index is 13.1. The van der Waals surface area contributed by atoms with Gasteiger partial charge in [-0.05, 0) is 104 Å². The average molecular weight is 424 g/mol. The van der Waals surface area contributed by atoms with E-state index in [0.29, 0.717) is 21.7 Å². The molecule has 1 fully saturated rings. The lowest BCUT2D eigenvalue weighted by atomic mass is 9.79. The van der Waals surface area contributed by atoms with Gasteiger partial charge in [-0.1, -0.05) is 6.92 Å². The fraction of sp³-hybridized carbons (Fsp3) is 0.333. The average Bonchev–Trinajstić information content (AvgIpc) is 3.01. The molecule has 30 heavy (non-hydrogen) atoms. The molecular formula is C24H26FN3OS. The summed E-state index contributed by atoms with van der Waals surface area (Å²) in [5, 5.41) is 3.30. The SMILES string of the molecule is Cc1cc2c(cc1/C=C1\SC(=Nc3ccc(F)cc3)NC1=O)[C@H](C)CC(C)(C)N2C. The van der Waals surface area contributed by atoms with Gasteiger partial charge in [0, 0.05) is 18.3 Å². The summed E-state index contributed by atoms with van der Waals surface area (Å²) in [4.78, 5) is 19.9. The maximum atomic E-state index is 13.1. The molecule has 2 aromatic carbocycles. The maximum Gasteiger partial charge on any atom is 0.264 e. The van der Waals surface area contributed by atoms with Crippen molar-refractivity contribution in [3.05, 3.63) is 63.8 Å². The number of carbonyl (C=O) groups excluding carboxylic acids is 1. The molecule has 156 valence electrons. The molecular weight excluding hydrogens is 397 g/mol. The number of benzene rings is 2. The third-order valence-electron chi connectivity index (χ3n) is 6.02. The zero-order valence-electron chi connectivity index (χ0n) is 17.9. The molecule has 4 nitrogen and oxygen atoms in total. The van der Waals surface area contributed by atoms with E-state index in [2.05, 4.69) is 62.1 Å². The molecule has 0 spiro atoms. The van der Waals surface area contributed by atoms with Crippen molar-refractivity contribution in [2.75, 3.05) is 11.9 Å². The molecule has 2 aliphatic heterocycles. The van der Waals surface area contributed by atoms with Crippen LogP contribution in [0.5, 0.6) is 0 Å². The predicted octanol–water partition coefficient (Wildman–Crippen LogP) is 5.75. The van der Waals surface area contributed by atoms with Gasteiger partial charge in [-0.15, -0.1) is 0 Å². The summed E-state index contributed by atoms with van der Waals surface area (Å²) in [6.07, 6.45) is 3.02. The Hall–Kier alpha value is -2.60. The number of hydrogen-bond donors (Lipinski definition) is 1. The quantitative estimate of drug-likeness (QED) is 0.626. The molecule has 0 aliphatic carbocycles. The zero-order valence-corrected chi connectivity index (χ0v) is 18.7. The number of aryl methyl sites for hydroxylation is 1. The number of hydrogen-bond acceptors (Lipinski definition) is 4. The van der Waals surface area contributed by atoms with Crippen molar-refractivity contribution in [3.63, 3.8) is 0 Å². The first kappa shape index (κ1) is 20.7. The van der Waals surface area contributed by atoms with E-state index >= 15 is 0 Å². The summed E-state index contributed by atoms with van der Waals surface area (Å²) < 4.78 is 13.1. The minimum Gasteiger partial charge on any atom is -0.369 e. The normalized spacial score (nSPS) is 23.1. The van der Waals surface area contributed by atoms with E-state index < -0.39 is 0 Å². The first-order valence-electron chi connectivity index (χ1n) is 10.1. The van der Waals surface area contributed by atoms with Crippen molar-refractivity contribution < 1.29 is 9.18 Å². The Morgan fingerprint density at radius 2 is 1.97 bits per heavy atom. The van der Waals surface area contributed by atoms with E-state index in [9.17, 15) is 9.18 Å². The second-order valence-electron chi connectivity index (χ2n) is 8.70. The second kappa shape index (κ2) is 7.58. The highest BCUT2D eigenvalue weighted by molar-refractivity contribution is 8.18. The number of amidine groups is 1. The number of thioether (sulfide) groups is 1. The van der Waals surface area contributed by atoms with Crippen LogP contribution in [0, 0.1) is 12.7 Å². The van der Waals surface area contributed by atoms with Crippen molar-refractivity contribution >= 4 is 40.3 Å². The number of rotatable bonds is 2. The summed E-state index contributed by atoms with van der Waals surface area (Å²) in [5.41, 5.74) is 5.49. The van der Waals surface area contributed by atoms with Crippen LogP contribution < -0.4 is 10.2 Å². The van der Waals surface area contributed by atoms with Gasteiger partial charge >= 0.3 is 0 Å². The van der Waals surface area contributed by atoms with Crippen molar-refractivity contribution in [1.29, 1.82) is 0 Å².